The monoisotopic (exact) mass is 445 g/mol. The van der Waals surface area contributed by atoms with E-state index in [1.54, 1.807) is 30.3 Å². The largest absolute Gasteiger partial charge is 0.478 e. The van der Waals surface area contributed by atoms with Crippen molar-refractivity contribution in [1.29, 1.82) is 5.26 Å². The Kier molecular flexibility index (Phi) is 5.97. The van der Waals surface area contributed by atoms with Gasteiger partial charge < -0.3 is 15.0 Å². The number of rotatable bonds is 5. The van der Waals surface area contributed by atoms with Crippen LogP contribution in [0.3, 0.4) is 0 Å². The fourth-order valence-corrected chi connectivity index (χ4v) is 5.69. The van der Waals surface area contributed by atoms with E-state index < -0.39 is 11.9 Å². The number of carboxylic acids is 1. The van der Waals surface area contributed by atoms with Gasteiger partial charge in [0.1, 0.15) is 16.6 Å². The Bertz CT molecular complexity index is 1280. The zero-order chi connectivity index (χ0) is 22.8. The lowest BCUT2D eigenvalue weighted by atomic mass is 9.95. The summed E-state index contributed by atoms with van der Waals surface area (Å²) in [6.07, 6.45) is 5.34. The van der Waals surface area contributed by atoms with Crippen LogP contribution < -0.4 is 5.32 Å². The molecule has 0 saturated carbocycles. The molecule has 2 N–H and O–H groups in total. The number of nitrogens with one attached hydrogen (secondary N) is 1. The summed E-state index contributed by atoms with van der Waals surface area (Å²) in [6, 6.07) is 12.8. The van der Waals surface area contributed by atoms with Crippen LogP contribution in [0.25, 0.3) is 11.1 Å². The van der Waals surface area contributed by atoms with Gasteiger partial charge in [-0.2, -0.15) is 5.26 Å². The number of para-hydroxylation sites is 1. The van der Waals surface area contributed by atoms with Crippen LogP contribution in [0.15, 0.2) is 42.0 Å². The maximum atomic E-state index is 12.6. The number of amides is 1. The molecule has 3 aromatic rings. The van der Waals surface area contributed by atoms with Crippen LogP contribution in [0.5, 0.6) is 0 Å². The third-order valence-electron chi connectivity index (χ3n) is 5.74. The highest BCUT2D eigenvalue weighted by molar-refractivity contribution is 7.15. The summed E-state index contributed by atoms with van der Waals surface area (Å²) in [5, 5.41) is 23.0. The minimum Gasteiger partial charge on any atom is -0.478 e. The quantitative estimate of drug-likeness (QED) is 0.413. The summed E-state index contributed by atoms with van der Waals surface area (Å²) in [4.78, 5) is 25.9. The molecule has 0 bridgehead atoms. The van der Waals surface area contributed by atoms with Gasteiger partial charge in [0.25, 0.3) is 5.91 Å². The van der Waals surface area contributed by atoms with Crippen molar-refractivity contribution in [3.63, 3.8) is 0 Å². The Labute approximate surface area is 190 Å². The van der Waals surface area contributed by atoms with Crippen molar-refractivity contribution < 1.29 is 14.7 Å². The fourth-order valence-electron chi connectivity index (χ4n) is 4.20. The van der Waals surface area contributed by atoms with E-state index >= 15 is 0 Å². The molecule has 1 aromatic carbocycles. The number of carbonyl (C=O) groups excluding carboxylic acids is 1. The van der Waals surface area contributed by atoms with Gasteiger partial charge in [-0.1, -0.05) is 18.2 Å². The van der Waals surface area contributed by atoms with Crippen LogP contribution in [0, 0.1) is 25.2 Å². The molecule has 1 aliphatic carbocycles. The lowest BCUT2D eigenvalue weighted by Gasteiger charge is -2.11. The number of anilines is 1. The van der Waals surface area contributed by atoms with Crippen LogP contribution in [0.1, 0.15) is 50.6 Å². The van der Waals surface area contributed by atoms with E-state index in [-0.39, 0.29) is 5.57 Å². The minimum atomic E-state index is -0.913. The lowest BCUT2D eigenvalue weighted by Crippen LogP contribution is -2.13. The maximum Gasteiger partial charge on any atom is 0.339 e. The van der Waals surface area contributed by atoms with Gasteiger partial charge in [-0.25, -0.2) is 4.79 Å². The molecule has 6 nitrogen and oxygen atoms in total. The molecule has 0 unspecified atom stereocenters. The average molecular weight is 446 g/mol. The van der Waals surface area contributed by atoms with Crippen molar-refractivity contribution in [3.05, 3.63) is 74.9 Å². The third kappa shape index (κ3) is 3.97. The molecule has 0 atom stereocenters. The number of hydrogen-bond donors (Lipinski definition) is 2. The number of thiophene rings is 1. The summed E-state index contributed by atoms with van der Waals surface area (Å²) >= 11 is 1.53. The second kappa shape index (κ2) is 8.85. The molecule has 2 aromatic heterocycles. The first-order valence-electron chi connectivity index (χ1n) is 10.5. The van der Waals surface area contributed by atoms with Crippen molar-refractivity contribution >= 4 is 35.0 Å². The second-order valence-corrected chi connectivity index (χ2v) is 8.93. The van der Waals surface area contributed by atoms with Crippen LogP contribution in [-0.2, 0) is 17.6 Å². The van der Waals surface area contributed by atoms with Gasteiger partial charge in [-0.3, -0.25) is 4.79 Å². The van der Waals surface area contributed by atoms with Gasteiger partial charge in [0.05, 0.1) is 5.56 Å². The summed E-state index contributed by atoms with van der Waals surface area (Å²) in [5.41, 5.74) is 4.29. The van der Waals surface area contributed by atoms with Crippen molar-refractivity contribution in [2.45, 2.75) is 39.5 Å². The normalized spacial score (nSPS) is 13.3. The van der Waals surface area contributed by atoms with Gasteiger partial charge in [0.15, 0.2) is 0 Å². The summed E-state index contributed by atoms with van der Waals surface area (Å²) in [5.74, 6) is -1.40. The summed E-state index contributed by atoms with van der Waals surface area (Å²) < 4.78 is 1.93. The second-order valence-electron chi connectivity index (χ2n) is 7.85. The van der Waals surface area contributed by atoms with Gasteiger partial charge >= 0.3 is 5.97 Å². The minimum absolute atomic E-state index is 0.0157. The number of carbonyl (C=O) groups is 2. The van der Waals surface area contributed by atoms with E-state index in [2.05, 4.69) is 5.32 Å². The Balaban J connectivity index is 1.74. The molecule has 0 spiro atoms. The van der Waals surface area contributed by atoms with E-state index in [1.165, 1.54) is 11.3 Å². The van der Waals surface area contributed by atoms with Gasteiger partial charge in [0, 0.05) is 22.0 Å². The summed E-state index contributed by atoms with van der Waals surface area (Å²) in [6.45, 7) is 3.79. The molecular weight excluding hydrogens is 422 g/mol. The zero-order valence-corrected chi connectivity index (χ0v) is 18.8. The first kappa shape index (κ1) is 21.6. The van der Waals surface area contributed by atoms with Crippen LogP contribution >= 0.6 is 11.3 Å². The molecular formula is C25H23N3O3S. The molecule has 0 saturated heterocycles. The number of aromatic carboxylic acids is 1. The molecule has 162 valence electrons. The Hall–Kier alpha value is -3.63. The molecule has 1 amide bonds. The summed E-state index contributed by atoms with van der Waals surface area (Å²) in [7, 11) is 0. The molecule has 2 heterocycles. The first-order valence-corrected chi connectivity index (χ1v) is 11.3. The molecule has 0 aliphatic heterocycles. The smallest absolute Gasteiger partial charge is 0.339 e. The van der Waals surface area contributed by atoms with E-state index in [4.69, 9.17) is 0 Å². The number of nitrogens with zero attached hydrogens (tertiary/aromatic N) is 2. The molecule has 0 fully saturated rings. The number of aromatic nitrogens is 1. The Morgan fingerprint density at radius 3 is 2.59 bits per heavy atom. The van der Waals surface area contributed by atoms with E-state index in [0.717, 1.165) is 47.5 Å². The number of carboxylic acid groups (broad SMARTS) is 1. The van der Waals surface area contributed by atoms with E-state index in [0.29, 0.717) is 21.8 Å². The Morgan fingerprint density at radius 1 is 1.19 bits per heavy atom. The number of fused-ring (bicyclic) bond motifs is 1. The Morgan fingerprint density at radius 2 is 1.91 bits per heavy atom. The van der Waals surface area contributed by atoms with Crippen molar-refractivity contribution in [1.82, 2.24) is 4.57 Å². The van der Waals surface area contributed by atoms with Crippen molar-refractivity contribution in [2.75, 3.05) is 5.32 Å². The first-order chi connectivity index (χ1) is 15.4. The van der Waals surface area contributed by atoms with Crippen molar-refractivity contribution in [3.8, 4) is 11.1 Å². The number of nitriles is 1. The van der Waals surface area contributed by atoms with Gasteiger partial charge in [0.2, 0.25) is 0 Å². The van der Waals surface area contributed by atoms with E-state index in [9.17, 15) is 20.0 Å². The molecule has 0 radical (unpaired) electrons. The number of aryl methyl sites for hydroxylation is 2. The highest BCUT2D eigenvalue weighted by atomic mass is 32.1. The third-order valence-corrected chi connectivity index (χ3v) is 7.01. The molecule has 4 rings (SSSR count). The predicted octanol–water partition coefficient (Wildman–Crippen LogP) is 5.28. The van der Waals surface area contributed by atoms with Gasteiger partial charge in [-0.05, 0) is 74.9 Å². The van der Waals surface area contributed by atoms with E-state index in [1.807, 2.05) is 36.6 Å². The molecule has 1 aliphatic rings. The van der Waals surface area contributed by atoms with Gasteiger partial charge in [-0.15, -0.1) is 11.3 Å². The maximum absolute atomic E-state index is 12.6. The van der Waals surface area contributed by atoms with Crippen molar-refractivity contribution in [2.24, 2.45) is 0 Å². The topological polar surface area (TPSA) is 95.1 Å². The highest BCUT2D eigenvalue weighted by Gasteiger charge is 2.27. The van der Waals surface area contributed by atoms with Crippen LogP contribution in [0.4, 0.5) is 5.69 Å². The zero-order valence-electron chi connectivity index (χ0n) is 17.9. The average Bonchev–Trinajstić information content (AvgIpc) is 3.28. The standard InChI is InChI=1S/C25H23N3O3S/c1-15-12-17(13-18(14-26)23(29)27-19-8-4-3-5-9-19)16(2)28(15)24-22(25(30)31)20-10-6-7-11-21(20)32-24/h3-5,8-9,12-13H,6-7,10-11H2,1-2H3,(H,27,29)(H,30,31). The predicted molar refractivity (Wildman–Crippen MR) is 125 cm³/mol. The number of benzene rings is 1. The lowest BCUT2D eigenvalue weighted by molar-refractivity contribution is -0.112. The van der Waals surface area contributed by atoms with Crippen LogP contribution in [-0.4, -0.2) is 21.6 Å². The fraction of sp³-hybridized carbons (Fsp3) is 0.240. The number of hydrogen-bond acceptors (Lipinski definition) is 4. The highest BCUT2D eigenvalue weighted by Crippen LogP contribution is 2.39. The van der Waals surface area contributed by atoms with Crippen LogP contribution in [0.2, 0.25) is 0 Å². The molecule has 32 heavy (non-hydrogen) atoms. The molecule has 7 heteroatoms. The SMILES string of the molecule is Cc1cc(C=C(C#N)C(=O)Nc2ccccc2)c(C)n1-c1sc2c(c1C(=O)O)CCCC2.